The molecule has 0 aromatic carbocycles. The van der Waals surface area contributed by atoms with Gasteiger partial charge in [-0.05, 0) is 39.9 Å². The van der Waals surface area contributed by atoms with Crippen LogP contribution in [0, 0.1) is 0 Å². The highest BCUT2D eigenvalue weighted by Gasteiger charge is 2.26. The number of hydrogen-bond acceptors (Lipinski definition) is 5. The summed E-state index contributed by atoms with van der Waals surface area (Å²) < 4.78 is 7.24. The van der Waals surface area contributed by atoms with Crippen molar-refractivity contribution >= 4 is 17.4 Å². The highest BCUT2D eigenvalue weighted by atomic mass is 35.5. The van der Waals surface area contributed by atoms with E-state index in [-0.39, 0.29) is 17.6 Å². The van der Waals surface area contributed by atoms with Gasteiger partial charge in [0.2, 0.25) is 0 Å². The van der Waals surface area contributed by atoms with Crippen LogP contribution in [0.1, 0.15) is 25.8 Å². The van der Waals surface area contributed by atoms with Crippen LogP contribution in [-0.2, 0) is 4.74 Å². The molecule has 1 aromatic rings. The molecule has 1 atom stereocenters. The van der Waals surface area contributed by atoms with Crippen LogP contribution >= 0.6 is 11.6 Å². The summed E-state index contributed by atoms with van der Waals surface area (Å²) in [5.41, 5.74) is -0.0345. The molecule has 2 saturated heterocycles. The second kappa shape index (κ2) is 6.56. The van der Waals surface area contributed by atoms with Crippen LogP contribution in [0.4, 0.5) is 5.82 Å². The van der Waals surface area contributed by atoms with Gasteiger partial charge < -0.3 is 19.1 Å². The van der Waals surface area contributed by atoms with E-state index >= 15 is 0 Å². The Hall–Kier alpha value is -1.11. The first kappa shape index (κ1) is 15.8. The van der Waals surface area contributed by atoms with E-state index in [1.54, 1.807) is 10.8 Å². The Labute approximate surface area is 135 Å². The van der Waals surface area contributed by atoms with Gasteiger partial charge in [-0.15, -0.1) is 0 Å². The molecule has 3 heterocycles. The van der Waals surface area contributed by atoms with Gasteiger partial charge in [-0.2, -0.15) is 0 Å². The maximum absolute atomic E-state index is 12.9. The van der Waals surface area contributed by atoms with Crippen molar-refractivity contribution in [2.45, 2.75) is 31.8 Å². The first-order chi connectivity index (χ1) is 10.6. The van der Waals surface area contributed by atoms with Gasteiger partial charge in [-0.1, -0.05) is 11.6 Å². The van der Waals surface area contributed by atoms with E-state index in [0.717, 1.165) is 25.9 Å². The number of nitrogens with zero attached hydrogens (tertiary/aromatic N) is 4. The average Bonchev–Trinajstić information content (AvgIpc) is 2.51. The fraction of sp³-hybridized carbons (Fsp3) is 0.733. The van der Waals surface area contributed by atoms with E-state index in [4.69, 9.17) is 16.3 Å². The lowest BCUT2D eigenvalue weighted by Gasteiger charge is -2.35. The van der Waals surface area contributed by atoms with Crippen LogP contribution < -0.4 is 10.5 Å². The lowest BCUT2D eigenvalue weighted by Crippen LogP contribution is -2.47. The quantitative estimate of drug-likeness (QED) is 0.822. The molecule has 0 spiro atoms. The third-order valence-corrected chi connectivity index (χ3v) is 4.79. The largest absolute Gasteiger partial charge is 0.377 e. The van der Waals surface area contributed by atoms with Crippen molar-refractivity contribution in [3.05, 3.63) is 21.7 Å². The zero-order chi connectivity index (χ0) is 15.7. The highest BCUT2D eigenvalue weighted by molar-refractivity contribution is 6.29. The summed E-state index contributed by atoms with van der Waals surface area (Å²) in [6.07, 6.45) is 3.62. The lowest BCUT2D eigenvalue weighted by atomic mass is 10.1. The summed E-state index contributed by atoms with van der Waals surface area (Å²) in [6.45, 7) is 5.95. The van der Waals surface area contributed by atoms with E-state index in [0.29, 0.717) is 30.7 Å². The Balaban J connectivity index is 1.93. The first-order valence-corrected chi connectivity index (χ1v) is 8.25. The number of piperidine rings is 1. The summed E-state index contributed by atoms with van der Waals surface area (Å²) in [7, 11) is 2.11. The summed E-state index contributed by atoms with van der Waals surface area (Å²) >= 11 is 6.20. The molecule has 122 valence electrons. The van der Waals surface area contributed by atoms with Crippen LogP contribution in [0.25, 0.3) is 0 Å². The van der Waals surface area contributed by atoms with Crippen LogP contribution in [0.2, 0.25) is 5.15 Å². The Morgan fingerprint density at radius 2 is 2.05 bits per heavy atom. The molecule has 0 bridgehead atoms. The summed E-state index contributed by atoms with van der Waals surface area (Å²) in [6, 6.07) is 0.345. The molecule has 0 amide bonds. The normalized spacial score (nSPS) is 24.7. The Bertz CT molecular complexity index is 583. The Morgan fingerprint density at radius 3 is 2.73 bits per heavy atom. The zero-order valence-corrected chi connectivity index (χ0v) is 13.9. The smallest absolute Gasteiger partial charge is 0.293 e. The maximum Gasteiger partial charge on any atom is 0.293 e. The van der Waals surface area contributed by atoms with Crippen LogP contribution in [-0.4, -0.2) is 60.4 Å². The third kappa shape index (κ3) is 3.14. The molecule has 0 N–H and O–H groups in total. The number of halogens is 1. The maximum atomic E-state index is 12.9. The van der Waals surface area contributed by atoms with Crippen molar-refractivity contribution in [2.24, 2.45) is 0 Å². The van der Waals surface area contributed by atoms with Crippen molar-refractivity contribution in [1.82, 2.24) is 14.5 Å². The number of ether oxygens (including phenoxy) is 1. The van der Waals surface area contributed by atoms with Gasteiger partial charge in [0.1, 0.15) is 5.15 Å². The fourth-order valence-corrected chi connectivity index (χ4v) is 3.43. The Kier molecular flexibility index (Phi) is 4.70. The van der Waals surface area contributed by atoms with Crippen LogP contribution in [0.15, 0.2) is 11.0 Å². The van der Waals surface area contributed by atoms with Gasteiger partial charge >= 0.3 is 0 Å². The Morgan fingerprint density at radius 1 is 1.32 bits per heavy atom. The van der Waals surface area contributed by atoms with Crippen molar-refractivity contribution < 1.29 is 4.74 Å². The number of anilines is 1. The van der Waals surface area contributed by atoms with Crippen LogP contribution in [0.3, 0.4) is 0 Å². The minimum Gasteiger partial charge on any atom is -0.377 e. The van der Waals surface area contributed by atoms with E-state index in [9.17, 15) is 4.79 Å². The third-order valence-electron chi connectivity index (χ3n) is 4.61. The van der Waals surface area contributed by atoms with Gasteiger partial charge in [0.05, 0.1) is 19.3 Å². The predicted octanol–water partition coefficient (Wildman–Crippen LogP) is 1.39. The summed E-state index contributed by atoms with van der Waals surface area (Å²) in [5.74, 6) is 0.460. The number of aromatic nitrogens is 2. The van der Waals surface area contributed by atoms with Crippen molar-refractivity contribution in [2.75, 3.05) is 44.8 Å². The minimum absolute atomic E-state index is 0.0345. The van der Waals surface area contributed by atoms with E-state index in [1.807, 2.05) is 11.8 Å². The molecular formula is C15H23ClN4O2. The van der Waals surface area contributed by atoms with Gasteiger partial charge in [0.25, 0.3) is 5.56 Å². The molecule has 2 aliphatic heterocycles. The van der Waals surface area contributed by atoms with Gasteiger partial charge in [-0.3, -0.25) is 4.79 Å². The van der Waals surface area contributed by atoms with Gasteiger partial charge in [-0.25, -0.2) is 4.98 Å². The SMILES string of the molecule is C[C@@H]1COCCN1c1nc(Cl)cn(C2CCN(C)CC2)c1=O. The fourth-order valence-electron chi connectivity index (χ4n) is 3.24. The topological polar surface area (TPSA) is 50.6 Å². The van der Waals surface area contributed by atoms with E-state index in [2.05, 4.69) is 16.9 Å². The zero-order valence-electron chi connectivity index (χ0n) is 13.2. The molecule has 3 rings (SSSR count). The number of morpholine rings is 1. The molecule has 2 fully saturated rings. The second-order valence-corrected chi connectivity index (χ2v) is 6.64. The first-order valence-electron chi connectivity index (χ1n) is 7.88. The lowest BCUT2D eigenvalue weighted by molar-refractivity contribution is 0.0982. The van der Waals surface area contributed by atoms with Crippen molar-refractivity contribution in [3.63, 3.8) is 0 Å². The second-order valence-electron chi connectivity index (χ2n) is 6.25. The molecule has 22 heavy (non-hydrogen) atoms. The van der Waals surface area contributed by atoms with Crippen LogP contribution in [0.5, 0.6) is 0 Å². The molecule has 0 radical (unpaired) electrons. The van der Waals surface area contributed by atoms with E-state index in [1.165, 1.54) is 0 Å². The van der Waals surface area contributed by atoms with Gasteiger partial charge in [0.15, 0.2) is 5.82 Å². The van der Waals surface area contributed by atoms with E-state index < -0.39 is 0 Å². The molecule has 2 aliphatic rings. The summed E-state index contributed by atoms with van der Waals surface area (Å²) in [5, 5.41) is 0.382. The molecule has 1 aromatic heterocycles. The van der Waals surface area contributed by atoms with Gasteiger partial charge in [0, 0.05) is 18.8 Å². The number of hydrogen-bond donors (Lipinski definition) is 0. The molecule has 6 nitrogen and oxygen atoms in total. The monoisotopic (exact) mass is 326 g/mol. The summed E-state index contributed by atoms with van der Waals surface area (Å²) in [4.78, 5) is 21.5. The standard InChI is InChI=1S/C15H23ClN4O2/c1-11-10-22-8-7-19(11)14-15(21)20(9-13(16)17-14)12-3-5-18(2)6-4-12/h9,11-12H,3-8,10H2,1-2H3/t11-/m1/s1. The van der Waals surface area contributed by atoms with Crippen molar-refractivity contribution in [3.8, 4) is 0 Å². The number of likely N-dealkylation sites (tertiary alicyclic amines) is 1. The average molecular weight is 327 g/mol. The molecule has 0 aliphatic carbocycles. The molecule has 0 saturated carbocycles. The molecule has 0 unspecified atom stereocenters. The van der Waals surface area contributed by atoms with Crippen molar-refractivity contribution in [1.29, 1.82) is 0 Å². The molecule has 7 heteroatoms. The highest BCUT2D eigenvalue weighted by Crippen LogP contribution is 2.23. The number of rotatable bonds is 2. The predicted molar refractivity (Wildman–Crippen MR) is 86.9 cm³/mol. The molecular weight excluding hydrogens is 304 g/mol. The minimum atomic E-state index is -0.0345.